The lowest BCUT2D eigenvalue weighted by molar-refractivity contribution is -0.142. The van der Waals surface area contributed by atoms with E-state index in [4.69, 9.17) is 11.5 Å². The van der Waals surface area contributed by atoms with E-state index in [0.717, 1.165) is 18.4 Å². The maximum atomic E-state index is 12.4. The number of carbonyl (C=O) groups is 2. The fourth-order valence-corrected chi connectivity index (χ4v) is 2.68. The van der Waals surface area contributed by atoms with Crippen molar-refractivity contribution in [1.29, 1.82) is 0 Å². The molecule has 5 N–H and O–H groups in total. The van der Waals surface area contributed by atoms with Crippen molar-refractivity contribution in [3.63, 3.8) is 0 Å². The Hall–Kier alpha value is -2.08. The van der Waals surface area contributed by atoms with E-state index in [0.29, 0.717) is 19.4 Å². The molecular weight excluding hydrogens is 270 g/mol. The molecule has 0 aromatic heterocycles. The van der Waals surface area contributed by atoms with Gasteiger partial charge >= 0.3 is 0 Å². The van der Waals surface area contributed by atoms with Gasteiger partial charge in [-0.15, -0.1) is 0 Å². The summed E-state index contributed by atoms with van der Waals surface area (Å²) in [7, 11) is 0. The van der Waals surface area contributed by atoms with Gasteiger partial charge in [0.2, 0.25) is 11.8 Å². The molecule has 0 radical (unpaired) electrons. The first kappa shape index (κ1) is 15.3. The molecule has 21 heavy (non-hydrogen) atoms. The largest absolute Gasteiger partial charge is 0.508 e. The molecule has 1 heterocycles. The molecule has 1 aromatic rings. The van der Waals surface area contributed by atoms with Crippen LogP contribution in [0.4, 0.5) is 0 Å². The zero-order valence-electron chi connectivity index (χ0n) is 11.9. The van der Waals surface area contributed by atoms with Crippen molar-refractivity contribution >= 4 is 11.8 Å². The van der Waals surface area contributed by atoms with E-state index < -0.39 is 18.0 Å². The third-order valence-electron chi connectivity index (χ3n) is 3.82. The second kappa shape index (κ2) is 6.58. The molecule has 2 amide bonds. The maximum Gasteiger partial charge on any atom is 0.240 e. The Bertz CT molecular complexity index is 515. The summed E-state index contributed by atoms with van der Waals surface area (Å²) in [6.45, 7) is 0.524. The van der Waals surface area contributed by atoms with Crippen LogP contribution < -0.4 is 11.5 Å². The molecule has 1 unspecified atom stereocenters. The molecule has 1 aliphatic rings. The Balaban J connectivity index is 2.03. The molecule has 0 saturated carbocycles. The molecule has 6 nitrogen and oxygen atoms in total. The quantitative estimate of drug-likeness (QED) is 0.732. The minimum Gasteiger partial charge on any atom is -0.508 e. The number of amides is 2. The summed E-state index contributed by atoms with van der Waals surface area (Å²) in [5.74, 6) is -0.546. The number of primary amides is 1. The van der Waals surface area contributed by atoms with E-state index in [9.17, 15) is 14.7 Å². The molecule has 1 aromatic carbocycles. The second-order valence-corrected chi connectivity index (χ2v) is 5.42. The first-order valence-electron chi connectivity index (χ1n) is 7.12. The van der Waals surface area contributed by atoms with Gasteiger partial charge < -0.3 is 21.5 Å². The lowest BCUT2D eigenvalue weighted by atomic mass is 9.98. The first-order valence-corrected chi connectivity index (χ1v) is 7.12. The van der Waals surface area contributed by atoms with Crippen molar-refractivity contribution in [2.75, 3.05) is 6.54 Å². The van der Waals surface area contributed by atoms with Crippen LogP contribution >= 0.6 is 0 Å². The van der Waals surface area contributed by atoms with Crippen molar-refractivity contribution in [3.05, 3.63) is 29.8 Å². The average Bonchev–Trinajstić information content (AvgIpc) is 2.48. The Kier molecular flexibility index (Phi) is 4.80. The Morgan fingerprint density at radius 1 is 1.29 bits per heavy atom. The molecule has 1 fully saturated rings. The molecule has 6 heteroatoms. The topological polar surface area (TPSA) is 110 Å². The summed E-state index contributed by atoms with van der Waals surface area (Å²) in [6.07, 6.45) is 2.72. The van der Waals surface area contributed by atoms with Crippen LogP contribution in [-0.2, 0) is 16.0 Å². The van der Waals surface area contributed by atoms with Crippen LogP contribution in [0.2, 0.25) is 0 Å². The molecule has 114 valence electrons. The zero-order chi connectivity index (χ0) is 15.4. The molecule has 0 spiro atoms. The first-order chi connectivity index (χ1) is 9.99. The van der Waals surface area contributed by atoms with E-state index in [1.807, 2.05) is 0 Å². The van der Waals surface area contributed by atoms with Crippen molar-refractivity contribution in [2.45, 2.75) is 37.8 Å². The van der Waals surface area contributed by atoms with Crippen molar-refractivity contribution in [3.8, 4) is 5.75 Å². The van der Waals surface area contributed by atoms with Gasteiger partial charge in [-0.3, -0.25) is 9.59 Å². The number of aromatic hydroxyl groups is 1. The molecule has 2 rings (SSSR count). The number of hydrogen-bond donors (Lipinski definition) is 3. The van der Waals surface area contributed by atoms with Gasteiger partial charge in [0.05, 0.1) is 6.04 Å². The number of likely N-dealkylation sites (tertiary alicyclic amines) is 1. The Morgan fingerprint density at radius 3 is 2.57 bits per heavy atom. The van der Waals surface area contributed by atoms with E-state index in [1.54, 1.807) is 24.3 Å². The highest BCUT2D eigenvalue weighted by atomic mass is 16.3. The molecule has 1 saturated heterocycles. The van der Waals surface area contributed by atoms with Crippen LogP contribution in [0.1, 0.15) is 24.8 Å². The monoisotopic (exact) mass is 291 g/mol. The Labute approximate surface area is 123 Å². The smallest absolute Gasteiger partial charge is 0.240 e. The number of benzene rings is 1. The van der Waals surface area contributed by atoms with Crippen molar-refractivity contribution in [2.24, 2.45) is 11.5 Å². The Morgan fingerprint density at radius 2 is 1.95 bits per heavy atom. The van der Waals surface area contributed by atoms with Crippen LogP contribution in [-0.4, -0.2) is 40.4 Å². The predicted octanol–water partition coefficient (Wildman–Crippen LogP) is 0.128. The van der Waals surface area contributed by atoms with Crippen LogP contribution in [0.5, 0.6) is 5.75 Å². The number of hydrogen-bond acceptors (Lipinski definition) is 4. The van der Waals surface area contributed by atoms with Crippen molar-refractivity contribution < 1.29 is 14.7 Å². The summed E-state index contributed by atoms with van der Waals surface area (Å²) in [6, 6.07) is 5.31. The number of nitrogens with zero attached hydrogens (tertiary/aromatic N) is 1. The standard InChI is InChI=1S/C15H21N3O3/c16-12(9-10-4-6-11(19)7-5-10)15(21)18-8-2-1-3-13(18)14(17)20/h4-7,12-13,19H,1-3,8-9,16H2,(H2,17,20)/t12-,13?/m0/s1. The molecular formula is C15H21N3O3. The van der Waals surface area contributed by atoms with Crippen LogP contribution in [0, 0.1) is 0 Å². The lowest BCUT2D eigenvalue weighted by Gasteiger charge is -2.35. The molecule has 0 bridgehead atoms. The van der Waals surface area contributed by atoms with E-state index in [2.05, 4.69) is 0 Å². The number of nitrogens with two attached hydrogens (primary N) is 2. The third kappa shape index (κ3) is 3.72. The maximum absolute atomic E-state index is 12.4. The molecule has 0 aliphatic carbocycles. The SMILES string of the molecule is NC(=O)C1CCCCN1C(=O)[C@@H](N)Cc1ccc(O)cc1. The number of phenolic OH excluding ortho intramolecular Hbond substituents is 1. The highest BCUT2D eigenvalue weighted by Crippen LogP contribution is 2.18. The van der Waals surface area contributed by atoms with Crippen LogP contribution in [0.15, 0.2) is 24.3 Å². The van der Waals surface area contributed by atoms with Gasteiger partial charge in [-0.05, 0) is 43.4 Å². The highest BCUT2D eigenvalue weighted by molar-refractivity contribution is 5.89. The normalized spacial score (nSPS) is 20.0. The summed E-state index contributed by atoms with van der Waals surface area (Å²) in [5, 5.41) is 9.24. The third-order valence-corrected chi connectivity index (χ3v) is 3.82. The van der Waals surface area contributed by atoms with E-state index in [1.165, 1.54) is 4.90 Å². The van der Waals surface area contributed by atoms with Crippen molar-refractivity contribution in [1.82, 2.24) is 4.90 Å². The average molecular weight is 291 g/mol. The van der Waals surface area contributed by atoms with Crippen LogP contribution in [0.25, 0.3) is 0 Å². The minimum absolute atomic E-state index is 0.170. The van der Waals surface area contributed by atoms with Gasteiger partial charge in [-0.1, -0.05) is 12.1 Å². The number of carbonyl (C=O) groups excluding carboxylic acids is 2. The van der Waals surface area contributed by atoms with E-state index in [-0.39, 0.29) is 11.7 Å². The fourth-order valence-electron chi connectivity index (χ4n) is 2.68. The number of piperidine rings is 1. The van der Waals surface area contributed by atoms with Gasteiger partial charge in [0.25, 0.3) is 0 Å². The van der Waals surface area contributed by atoms with Crippen LogP contribution in [0.3, 0.4) is 0 Å². The summed E-state index contributed by atoms with van der Waals surface area (Å²) < 4.78 is 0. The predicted molar refractivity (Wildman–Crippen MR) is 78.3 cm³/mol. The summed E-state index contributed by atoms with van der Waals surface area (Å²) >= 11 is 0. The molecule has 1 aliphatic heterocycles. The molecule has 2 atom stereocenters. The van der Waals surface area contributed by atoms with E-state index >= 15 is 0 Å². The number of phenols is 1. The van der Waals surface area contributed by atoms with Gasteiger partial charge in [-0.25, -0.2) is 0 Å². The van der Waals surface area contributed by atoms with Gasteiger partial charge in [0, 0.05) is 6.54 Å². The summed E-state index contributed by atoms with van der Waals surface area (Å²) in [5.41, 5.74) is 12.2. The van der Waals surface area contributed by atoms with Gasteiger partial charge in [-0.2, -0.15) is 0 Å². The fraction of sp³-hybridized carbons (Fsp3) is 0.467. The van der Waals surface area contributed by atoms with Gasteiger partial charge in [0.15, 0.2) is 0 Å². The second-order valence-electron chi connectivity index (χ2n) is 5.42. The van der Waals surface area contributed by atoms with Gasteiger partial charge in [0.1, 0.15) is 11.8 Å². The lowest BCUT2D eigenvalue weighted by Crippen LogP contribution is -2.55. The highest BCUT2D eigenvalue weighted by Gasteiger charge is 2.33. The minimum atomic E-state index is -0.713. The number of rotatable bonds is 4. The zero-order valence-corrected chi connectivity index (χ0v) is 11.9. The summed E-state index contributed by atoms with van der Waals surface area (Å²) in [4.78, 5) is 25.4.